The first-order chi connectivity index (χ1) is 14.1. The van der Waals surface area contributed by atoms with Crippen molar-refractivity contribution in [1.29, 1.82) is 0 Å². The molecular formula is C22H19N3O4. The van der Waals surface area contributed by atoms with Gasteiger partial charge in [-0.1, -0.05) is 30.3 Å². The lowest BCUT2D eigenvalue weighted by Crippen LogP contribution is -2.41. The molecule has 4 aromatic rings. The van der Waals surface area contributed by atoms with Crippen molar-refractivity contribution < 1.29 is 9.21 Å². The van der Waals surface area contributed by atoms with Crippen LogP contribution in [-0.2, 0) is 0 Å². The van der Waals surface area contributed by atoms with Crippen LogP contribution >= 0.6 is 0 Å². The lowest BCUT2D eigenvalue weighted by atomic mass is 10.0. The Hall–Kier alpha value is -3.61. The summed E-state index contributed by atoms with van der Waals surface area (Å²) in [5.41, 5.74) is 1.44. The first-order valence-electron chi connectivity index (χ1n) is 9.63. The predicted molar refractivity (Wildman–Crippen MR) is 109 cm³/mol. The van der Waals surface area contributed by atoms with E-state index in [9.17, 15) is 14.4 Å². The molecule has 1 amide bonds. The minimum Gasteiger partial charge on any atom is -0.422 e. The summed E-state index contributed by atoms with van der Waals surface area (Å²) in [4.78, 5) is 42.2. The molecule has 5 rings (SSSR count). The largest absolute Gasteiger partial charge is 0.422 e. The zero-order valence-electron chi connectivity index (χ0n) is 15.6. The SMILES string of the molecule is O=C(c1cc2ccccc2oc1=O)N1CCC(n2c(=O)[nH]c3ccccc32)CC1. The van der Waals surface area contributed by atoms with Crippen molar-refractivity contribution in [3.8, 4) is 0 Å². The van der Waals surface area contributed by atoms with E-state index < -0.39 is 5.63 Å². The maximum Gasteiger partial charge on any atom is 0.349 e. The number of hydrogen-bond acceptors (Lipinski definition) is 4. The lowest BCUT2D eigenvalue weighted by molar-refractivity contribution is 0.0691. The number of fused-ring (bicyclic) bond motifs is 2. The summed E-state index contributed by atoms with van der Waals surface area (Å²) in [6, 6.07) is 16.3. The minimum atomic E-state index is -0.622. The number of carbonyl (C=O) groups is 1. The van der Waals surface area contributed by atoms with E-state index in [2.05, 4.69) is 4.98 Å². The number of amides is 1. The van der Waals surface area contributed by atoms with E-state index in [0.717, 1.165) is 16.4 Å². The normalized spacial score (nSPS) is 15.2. The molecule has 1 saturated heterocycles. The topological polar surface area (TPSA) is 88.3 Å². The number of H-pyrrole nitrogens is 1. The van der Waals surface area contributed by atoms with E-state index >= 15 is 0 Å². The second kappa shape index (κ2) is 6.77. The summed E-state index contributed by atoms with van der Waals surface area (Å²) in [6.45, 7) is 0.948. The molecule has 0 spiro atoms. The Balaban J connectivity index is 1.39. The van der Waals surface area contributed by atoms with E-state index in [1.807, 2.05) is 36.4 Å². The molecule has 0 atom stereocenters. The fourth-order valence-corrected chi connectivity index (χ4v) is 4.15. The summed E-state index contributed by atoms with van der Waals surface area (Å²) in [5.74, 6) is -0.325. The molecule has 0 bridgehead atoms. The Morgan fingerprint density at radius 1 is 1.00 bits per heavy atom. The van der Waals surface area contributed by atoms with Crippen LogP contribution in [0.5, 0.6) is 0 Å². The van der Waals surface area contributed by atoms with Gasteiger partial charge >= 0.3 is 11.3 Å². The second-order valence-electron chi connectivity index (χ2n) is 7.33. The van der Waals surface area contributed by atoms with Crippen LogP contribution in [0.4, 0.5) is 0 Å². The molecule has 2 aromatic heterocycles. The van der Waals surface area contributed by atoms with Crippen molar-refractivity contribution in [2.24, 2.45) is 0 Å². The van der Waals surface area contributed by atoms with Crippen LogP contribution in [0.25, 0.3) is 22.0 Å². The average Bonchev–Trinajstić information content (AvgIpc) is 3.08. The lowest BCUT2D eigenvalue weighted by Gasteiger charge is -2.32. The third-order valence-electron chi connectivity index (χ3n) is 5.61. The van der Waals surface area contributed by atoms with Gasteiger partial charge in [-0.2, -0.15) is 0 Å². The number of nitrogens with one attached hydrogen (secondary N) is 1. The van der Waals surface area contributed by atoms with Crippen molar-refractivity contribution in [3.05, 3.63) is 81.1 Å². The third kappa shape index (κ3) is 2.95. The van der Waals surface area contributed by atoms with Crippen LogP contribution in [0.3, 0.4) is 0 Å². The number of hydrogen-bond donors (Lipinski definition) is 1. The Labute approximate surface area is 165 Å². The summed E-state index contributed by atoms with van der Waals surface area (Å²) in [6.07, 6.45) is 1.29. The zero-order valence-corrected chi connectivity index (χ0v) is 15.6. The van der Waals surface area contributed by atoms with Gasteiger partial charge in [0.25, 0.3) is 5.91 Å². The average molecular weight is 389 g/mol. The van der Waals surface area contributed by atoms with Crippen LogP contribution in [0.2, 0.25) is 0 Å². The van der Waals surface area contributed by atoms with E-state index in [4.69, 9.17) is 4.42 Å². The van der Waals surface area contributed by atoms with Crippen LogP contribution in [0.1, 0.15) is 29.2 Å². The van der Waals surface area contributed by atoms with Gasteiger partial charge in [-0.25, -0.2) is 9.59 Å². The van der Waals surface area contributed by atoms with E-state index in [1.165, 1.54) is 0 Å². The Bertz CT molecular complexity index is 1340. The summed E-state index contributed by atoms with van der Waals surface area (Å²) >= 11 is 0. The molecule has 0 saturated carbocycles. The molecule has 1 fully saturated rings. The quantitative estimate of drug-likeness (QED) is 0.534. The standard InChI is InChI=1S/C22H19N3O4/c26-20(16-13-14-5-1-4-8-19(14)29-21(16)27)24-11-9-15(10-12-24)25-18-7-3-2-6-17(18)23-22(25)28/h1-8,13,15H,9-12H2,(H,23,28). The van der Waals surface area contributed by atoms with E-state index in [0.29, 0.717) is 31.5 Å². The van der Waals surface area contributed by atoms with Crippen molar-refractivity contribution in [1.82, 2.24) is 14.5 Å². The smallest absolute Gasteiger partial charge is 0.349 e. The van der Waals surface area contributed by atoms with Gasteiger partial charge in [0.15, 0.2) is 0 Å². The Morgan fingerprint density at radius 2 is 1.72 bits per heavy atom. The van der Waals surface area contributed by atoms with Gasteiger partial charge in [0, 0.05) is 24.5 Å². The van der Waals surface area contributed by atoms with Gasteiger partial charge in [-0.05, 0) is 37.1 Å². The van der Waals surface area contributed by atoms with Gasteiger partial charge in [0.05, 0.1) is 11.0 Å². The molecule has 146 valence electrons. The molecule has 1 N–H and O–H groups in total. The number of piperidine rings is 1. The van der Waals surface area contributed by atoms with Gasteiger partial charge in [-0.15, -0.1) is 0 Å². The molecular weight excluding hydrogens is 370 g/mol. The van der Waals surface area contributed by atoms with Crippen molar-refractivity contribution in [2.45, 2.75) is 18.9 Å². The second-order valence-corrected chi connectivity index (χ2v) is 7.33. The molecule has 0 unspecified atom stereocenters. The Kier molecular flexibility index (Phi) is 4.08. The number of rotatable bonds is 2. The van der Waals surface area contributed by atoms with Crippen LogP contribution < -0.4 is 11.3 Å². The third-order valence-corrected chi connectivity index (χ3v) is 5.61. The van der Waals surface area contributed by atoms with Gasteiger partial charge in [0.1, 0.15) is 11.1 Å². The molecule has 3 heterocycles. The molecule has 2 aromatic carbocycles. The van der Waals surface area contributed by atoms with Gasteiger partial charge in [-0.3, -0.25) is 9.36 Å². The summed E-state index contributed by atoms with van der Waals surface area (Å²) < 4.78 is 7.08. The summed E-state index contributed by atoms with van der Waals surface area (Å²) in [5, 5.41) is 0.718. The van der Waals surface area contributed by atoms with E-state index in [-0.39, 0.29) is 23.2 Å². The maximum atomic E-state index is 12.9. The number of likely N-dealkylation sites (tertiary alicyclic amines) is 1. The van der Waals surface area contributed by atoms with E-state index in [1.54, 1.807) is 27.7 Å². The minimum absolute atomic E-state index is 0.00992. The first kappa shape index (κ1) is 17.5. The van der Waals surface area contributed by atoms with Crippen molar-refractivity contribution in [3.63, 3.8) is 0 Å². The first-order valence-corrected chi connectivity index (χ1v) is 9.63. The number of imidazole rings is 1. The van der Waals surface area contributed by atoms with Crippen molar-refractivity contribution in [2.75, 3.05) is 13.1 Å². The highest BCUT2D eigenvalue weighted by molar-refractivity contribution is 5.96. The summed E-state index contributed by atoms with van der Waals surface area (Å²) in [7, 11) is 0. The molecule has 0 aliphatic carbocycles. The van der Waals surface area contributed by atoms with Gasteiger partial charge in [0.2, 0.25) is 0 Å². The van der Waals surface area contributed by atoms with Gasteiger partial charge < -0.3 is 14.3 Å². The fourth-order valence-electron chi connectivity index (χ4n) is 4.15. The van der Waals surface area contributed by atoms with Crippen LogP contribution in [0, 0.1) is 0 Å². The predicted octanol–water partition coefficient (Wildman–Crippen LogP) is 2.91. The number of carbonyl (C=O) groups excluding carboxylic acids is 1. The number of benzene rings is 2. The number of para-hydroxylation sites is 3. The molecule has 29 heavy (non-hydrogen) atoms. The Morgan fingerprint density at radius 3 is 2.55 bits per heavy atom. The molecule has 1 aliphatic rings. The number of aromatic nitrogens is 2. The maximum absolute atomic E-state index is 12.9. The molecule has 1 aliphatic heterocycles. The highest BCUT2D eigenvalue weighted by Crippen LogP contribution is 2.25. The highest BCUT2D eigenvalue weighted by atomic mass is 16.4. The number of nitrogens with zero attached hydrogens (tertiary/aromatic N) is 2. The van der Waals surface area contributed by atoms with Crippen molar-refractivity contribution >= 4 is 27.9 Å². The van der Waals surface area contributed by atoms with Crippen LogP contribution in [-0.4, -0.2) is 33.4 Å². The molecule has 7 nitrogen and oxygen atoms in total. The highest BCUT2D eigenvalue weighted by Gasteiger charge is 2.28. The molecule has 7 heteroatoms. The number of aromatic amines is 1. The zero-order chi connectivity index (χ0) is 20.0. The molecule has 0 radical (unpaired) electrons. The fraction of sp³-hybridized carbons (Fsp3) is 0.227. The monoisotopic (exact) mass is 389 g/mol. The van der Waals surface area contributed by atoms with Crippen LogP contribution in [0.15, 0.2) is 68.6 Å².